The number of nitrogens with zero attached hydrogens (tertiary/aromatic N) is 2. The number of amides is 3. The summed E-state index contributed by atoms with van der Waals surface area (Å²) in [5, 5.41) is 25.2. The van der Waals surface area contributed by atoms with Crippen molar-refractivity contribution in [3.05, 3.63) is 41.0 Å². The predicted octanol–water partition coefficient (Wildman–Crippen LogP) is 2.75. The quantitative estimate of drug-likeness (QED) is 0.360. The lowest BCUT2D eigenvalue weighted by atomic mass is 9.85. The molecule has 2 fully saturated rings. The summed E-state index contributed by atoms with van der Waals surface area (Å²) < 4.78 is 14.4. The number of benzene rings is 1. The van der Waals surface area contributed by atoms with Gasteiger partial charge in [0.1, 0.15) is 12.1 Å². The monoisotopic (exact) mass is 574 g/mol. The number of carboxylic acids is 1. The van der Waals surface area contributed by atoms with Crippen molar-refractivity contribution in [2.45, 2.75) is 83.3 Å². The van der Waals surface area contributed by atoms with E-state index < -0.39 is 65.4 Å². The fourth-order valence-corrected chi connectivity index (χ4v) is 5.67. The van der Waals surface area contributed by atoms with E-state index in [0.29, 0.717) is 5.56 Å². The van der Waals surface area contributed by atoms with Crippen LogP contribution in [0.4, 0.5) is 4.39 Å². The Bertz CT molecular complexity index is 1290. The fourth-order valence-electron chi connectivity index (χ4n) is 4.86. The molecule has 40 heavy (non-hydrogen) atoms. The lowest BCUT2D eigenvalue weighted by Crippen LogP contribution is -2.59. The highest BCUT2D eigenvalue weighted by molar-refractivity contribution is 7.13. The number of aryl methyl sites for hydroxylation is 1. The number of β-amino-alcohol motifs (C(OH)–C–C–N with tert-alkyl or cyclic N) is 1. The van der Waals surface area contributed by atoms with E-state index >= 15 is 0 Å². The summed E-state index contributed by atoms with van der Waals surface area (Å²) in [7, 11) is 0. The Hall–Kier alpha value is -3.38. The van der Waals surface area contributed by atoms with Gasteiger partial charge in [0.05, 0.1) is 34.6 Å². The van der Waals surface area contributed by atoms with Crippen LogP contribution in [-0.4, -0.2) is 74.2 Å². The largest absolute Gasteiger partial charge is 0.481 e. The van der Waals surface area contributed by atoms with Crippen molar-refractivity contribution in [3.8, 4) is 10.4 Å². The van der Waals surface area contributed by atoms with Gasteiger partial charge < -0.3 is 25.7 Å². The molecule has 2 heterocycles. The van der Waals surface area contributed by atoms with Crippen molar-refractivity contribution in [3.63, 3.8) is 0 Å². The van der Waals surface area contributed by atoms with Crippen molar-refractivity contribution in [1.82, 2.24) is 20.5 Å². The number of rotatable bonds is 9. The van der Waals surface area contributed by atoms with Crippen LogP contribution < -0.4 is 10.6 Å². The van der Waals surface area contributed by atoms with Crippen LogP contribution in [0.3, 0.4) is 0 Å². The van der Waals surface area contributed by atoms with Gasteiger partial charge in [-0.2, -0.15) is 0 Å². The van der Waals surface area contributed by atoms with Crippen molar-refractivity contribution >= 4 is 35.0 Å². The molecular weight excluding hydrogens is 539 g/mol. The predicted molar refractivity (Wildman–Crippen MR) is 146 cm³/mol. The van der Waals surface area contributed by atoms with Crippen LogP contribution in [0.15, 0.2) is 29.8 Å². The van der Waals surface area contributed by atoms with Gasteiger partial charge in [-0.3, -0.25) is 19.2 Å². The molecule has 0 bridgehead atoms. The molecule has 12 heteroatoms. The van der Waals surface area contributed by atoms with Gasteiger partial charge in [0.2, 0.25) is 11.8 Å². The summed E-state index contributed by atoms with van der Waals surface area (Å²) in [5.74, 6) is -3.22. The van der Waals surface area contributed by atoms with Crippen molar-refractivity contribution in [2.24, 2.45) is 5.41 Å². The first-order chi connectivity index (χ1) is 18.7. The van der Waals surface area contributed by atoms with Gasteiger partial charge in [0, 0.05) is 13.0 Å². The first-order valence-electron chi connectivity index (χ1n) is 13.2. The number of thiazole rings is 1. The number of halogens is 1. The molecule has 1 aliphatic heterocycles. The zero-order chi connectivity index (χ0) is 29.4. The highest BCUT2D eigenvalue weighted by Gasteiger charge is 2.53. The number of carbonyl (C=O) groups is 4. The van der Waals surface area contributed by atoms with Crippen LogP contribution in [0.1, 0.15) is 63.8 Å². The minimum absolute atomic E-state index is 0.0567. The van der Waals surface area contributed by atoms with E-state index in [4.69, 9.17) is 0 Å². The van der Waals surface area contributed by atoms with E-state index in [2.05, 4.69) is 15.6 Å². The van der Waals surface area contributed by atoms with Gasteiger partial charge in [0.15, 0.2) is 5.67 Å². The highest BCUT2D eigenvalue weighted by Crippen LogP contribution is 2.40. The van der Waals surface area contributed by atoms with Crippen molar-refractivity contribution < 1.29 is 33.8 Å². The Morgan fingerprint density at radius 1 is 1.18 bits per heavy atom. The third-order valence-electron chi connectivity index (χ3n) is 7.37. The normalized spacial score (nSPS) is 21.4. The minimum atomic E-state index is -1.98. The zero-order valence-corrected chi connectivity index (χ0v) is 23.8. The molecule has 1 aromatic heterocycles. The Morgan fingerprint density at radius 2 is 1.82 bits per heavy atom. The van der Waals surface area contributed by atoms with E-state index in [0.717, 1.165) is 16.1 Å². The molecule has 1 saturated carbocycles. The van der Waals surface area contributed by atoms with Crippen LogP contribution >= 0.6 is 11.3 Å². The number of likely N-dealkylation sites (tertiary alicyclic amines) is 1. The highest BCUT2D eigenvalue weighted by atomic mass is 32.1. The van der Waals surface area contributed by atoms with E-state index in [1.54, 1.807) is 38.4 Å². The summed E-state index contributed by atoms with van der Waals surface area (Å²) in [6, 6.07) is 4.03. The number of aliphatic hydroxyl groups is 1. The molecule has 2 aromatic rings. The molecule has 3 amide bonds. The number of carbonyl (C=O) groups excluding carboxylic acids is 3. The number of alkyl halides is 1. The van der Waals surface area contributed by atoms with Crippen molar-refractivity contribution in [1.29, 1.82) is 0 Å². The Balaban J connectivity index is 1.53. The van der Waals surface area contributed by atoms with E-state index in [1.165, 1.54) is 16.2 Å². The second-order valence-electron chi connectivity index (χ2n) is 11.7. The average Bonchev–Trinajstić information content (AvgIpc) is 3.28. The lowest BCUT2D eigenvalue weighted by Gasteiger charge is -2.36. The minimum Gasteiger partial charge on any atom is -0.481 e. The zero-order valence-electron chi connectivity index (χ0n) is 22.9. The third kappa shape index (κ3) is 6.49. The fraction of sp³-hybridized carbons (Fsp3) is 0.536. The molecule has 10 nitrogen and oxygen atoms in total. The van der Waals surface area contributed by atoms with Gasteiger partial charge in [-0.25, -0.2) is 9.37 Å². The number of hydrogen-bond acceptors (Lipinski definition) is 7. The molecule has 0 radical (unpaired) electrons. The summed E-state index contributed by atoms with van der Waals surface area (Å²) in [6.45, 7) is 6.90. The van der Waals surface area contributed by atoms with Crippen molar-refractivity contribution in [2.75, 3.05) is 6.54 Å². The molecule has 2 aliphatic rings. The first-order valence-corrected chi connectivity index (χ1v) is 14.1. The summed E-state index contributed by atoms with van der Waals surface area (Å²) >= 11 is 1.49. The van der Waals surface area contributed by atoms with Crippen LogP contribution in [-0.2, 0) is 19.2 Å². The van der Waals surface area contributed by atoms with E-state index in [1.807, 2.05) is 19.1 Å². The number of aliphatic hydroxyl groups excluding tert-OH is 1. The van der Waals surface area contributed by atoms with Gasteiger partial charge in [-0.05, 0) is 36.3 Å². The molecule has 1 aromatic carbocycles. The van der Waals surface area contributed by atoms with Crippen LogP contribution in [0, 0.1) is 12.3 Å². The maximum atomic E-state index is 14.4. The molecule has 1 aliphatic carbocycles. The number of aliphatic carboxylic acids is 1. The number of hydrogen-bond donors (Lipinski definition) is 4. The maximum Gasteiger partial charge on any atom is 0.305 e. The Kier molecular flexibility index (Phi) is 8.32. The summed E-state index contributed by atoms with van der Waals surface area (Å²) in [6.07, 6.45) is -1.27. The van der Waals surface area contributed by atoms with Crippen LogP contribution in [0.2, 0.25) is 0 Å². The topological polar surface area (TPSA) is 149 Å². The molecular formula is C28H35FN4O6S. The first kappa shape index (κ1) is 29.6. The number of nitrogens with one attached hydrogen (secondary N) is 2. The summed E-state index contributed by atoms with van der Waals surface area (Å²) in [4.78, 5) is 57.7. The molecule has 4 atom stereocenters. The van der Waals surface area contributed by atoms with Crippen LogP contribution in [0.25, 0.3) is 10.4 Å². The van der Waals surface area contributed by atoms with E-state index in [9.17, 15) is 33.8 Å². The lowest BCUT2D eigenvalue weighted by molar-refractivity contribution is -0.145. The van der Waals surface area contributed by atoms with Crippen LogP contribution in [0.5, 0.6) is 0 Å². The van der Waals surface area contributed by atoms with E-state index in [-0.39, 0.29) is 25.8 Å². The van der Waals surface area contributed by atoms with Gasteiger partial charge >= 0.3 is 5.97 Å². The van der Waals surface area contributed by atoms with Gasteiger partial charge in [-0.15, -0.1) is 11.3 Å². The molecule has 1 saturated heterocycles. The summed E-state index contributed by atoms with van der Waals surface area (Å²) in [5.41, 5.74) is 1.31. The molecule has 4 rings (SSSR count). The third-order valence-corrected chi connectivity index (χ3v) is 8.34. The maximum absolute atomic E-state index is 14.4. The molecule has 216 valence electrons. The second-order valence-corrected chi connectivity index (χ2v) is 12.5. The number of carboxylic acid groups (broad SMARTS) is 1. The SMILES string of the molecule is Cc1ncsc1-c1ccc(C(CC(=O)O)NC(=O)[C@@H]2C[C@@H](O)CN2C(=O)[C@@H](NC(=O)C2(F)CC2)C(C)(C)C)cc1. The standard InChI is InChI=1S/C28H35FN4O6S/c1-15-22(40-14-30-15)17-7-5-16(6-8-17)19(12-21(35)36)31-24(37)20-11-18(34)13-33(20)25(38)23(27(2,3)4)32-26(39)28(29)9-10-28/h5-8,14,18-20,23,34H,9-13H2,1-4H3,(H,31,37)(H,32,39)(H,35,36)/t18-,19?,20+,23-/m1/s1. The van der Waals surface area contributed by atoms with Gasteiger partial charge in [-0.1, -0.05) is 45.0 Å². The smallest absolute Gasteiger partial charge is 0.305 e. The van der Waals surface area contributed by atoms with Gasteiger partial charge in [0.25, 0.3) is 5.91 Å². The Morgan fingerprint density at radius 3 is 2.35 bits per heavy atom. The second kappa shape index (κ2) is 11.2. The molecule has 4 N–H and O–H groups in total. The number of aromatic nitrogens is 1. The Labute approximate surface area is 236 Å². The average molecular weight is 575 g/mol. The molecule has 0 spiro atoms. The molecule has 1 unspecified atom stereocenters.